The Morgan fingerprint density at radius 2 is 1.61 bits per heavy atom. The molecular weight excluding hydrogens is 509 g/mol. The minimum atomic E-state index is -2.22. The molecule has 216 valence electrons. The van der Waals surface area contributed by atoms with Crippen LogP contribution in [-0.4, -0.2) is 53.7 Å². The Balaban J connectivity index is 1.91. The largest absolute Gasteiger partial charge is 0.540 e. The molecule has 3 rings (SSSR count). The van der Waals surface area contributed by atoms with Gasteiger partial charge in [-0.3, -0.25) is 4.79 Å². The van der Waals surface area contributed by atoms with Crippen LogP contribution in [-0.2, 0) is 4.43 Å². The van der Waals surface area contributed by atoms with E-state index >= 15 is 0 Å². The van der Waals surface area contributed by atoms with Gasteiger partial charge in [-0.1, -0.05) is 62.3 Å². The highest BCUT2D eigenvalue weighted by Gasteiger charge is 2.54. The fraction of sp³-hybridized carbons (Fsp3) is 0.767. The zero-order chi connectivity index (χ0) is 28.8. The number of methoxy groups -OCH3 is 1. The molecule has 8 heteroatoms. The van der Waals surface area contributed by atoms with Gasteiger partial charge in [-0.2, -0.15) is 0 Å². The van der Waals surface area contributed by atoms with Crippen molar-refractivity contribution in [3.63, 3.8) is 0 Å². The molecule has 1 saturated carbocycles. The molecule has 1 saturated heterocycles. The van der Waals surface area contributed by atoms with E-state index in [-0.39, 0.29) is 22.4 Å². The summed E-state index contributed by atoms with van der Waals surface area (Å²) in [5.74, 6) is 1.21. The molecule has 1 aromatic rings. The van der Waals surface area contributed by atoms with Crippen molar-refractivity contribution in [1.82, 2.24) is 4.90 Å². The number of hydrogen-bond acceptors (Lipinski definition) is 5. The number of rotatable bonds is 10. The summed E-state index contributed by atoms with van der Waals surface area (Å²) in [4.78, 5) is 16.0. The van der Waals surface area contributed by atoms with Crippen LogP contribution in [0, 0.1) is 5.41 Å². The lowest BCUT2D eigenvalue weighted by Gasteiger charge is -2.42. The Kier molecular flexibility index (Phi) is 8.82. The highest BCUT2D eigenvalue weighted by atomic mass is 28.4. The number of carbonyl (C=O) groups is 1. The van der Waals surface area contributed by atoms with Crippen molar-refractivity contribution >= 4 is 28.2 Å². The van der Waals surface area contributed by atoms with E-state index < -0.39 is 16.6 Å². The quantitative estimate of drug-likeness (QED) is 0.232. The van der Waals surface area contributed by atoms with Crippen LogP contribution in [0.1, 0.15) is 91.9 Å². The number of nitrogens with two attached hydrogens (primary N) is 1. The third kappa shape index (κ3) is 5.82. The molecule has 2 fully saturated rings. The summed E-state index contributed by atoms with van der Waals surface area (Å²) in [6.07, 6.45) is 3.38. The fourth-order valence-electron chi connectivity index (χ4n) is 6.31. The van der Waals surface area contributed by atoms with Crippen LogP contribution in [0.2, 0.25) is 34.8 Å². The second-order valence-corrected chi connectivity index (χ2v) is 24.6. The first-order valence-electron chi connectivity index (χ1n) is 14.5. The number of carbonyl (C=O) groups excluding carboxylic acids is 1. The van der Waals surface area contributed by atoms with Crippen LogP contribution >= 0.6 is 0 Å². The smallest absolute Gasteiger partial charge is 0.258 e. The zero-order valence-electron chi connectivity index (χ0n) is 26.2. The average molecular weight is 563 g/mol. The average Bonchev–Trinajstić information content (AvgIpc) is 3.45. The standard InChI is InChI=1S/C30H54N2O4Si2/c1-20(2)38(21(3)4,22(5)6)36-27-16-25(31)24(15-26(27)34-10)28(33)32-19-30(13-14-30)17-23(32)18-35-37(11,12)29(7,8)9/h15-16,20-23H,13-14,17-19,31H2,1-12H3/t23-/m1/s1. The van der Waals surface area contributed by atoms with Gasteiger partial charge in [0.1, 0.15) is 5.75 Å². The molecule has 2 aliphatic rings. The normalized spacial score (nSPS) is 19.7. The Bertz CT molecular complexity index is 990. The number of nitrogens with zero attached hydrogens (tertiary/aromatic N) is 1. The van der Waals surface area contributed by atoms with Crippen LogP contribution < -0.4 is 14.9 Å². The van der Waals surface area contributed by atoms with E-state index in [9.17, 15) is 4.79 Å². The SMILES string of the molecule is COc1cc(C(=O)N2CC3(CC3)C[C@@H]2CO[Si](C)(C)C(C)(C)C)c(N)cc1O[Si](C(C)C)(C(C)C)C(C)C. The minimum absolute atomic E-state index is 0.0277. The third-order valence-corrected chi connectivity index (χ3v) is 20.3. The van der Waals surface area contributed by atoms with Crippen LogP contribution in [0.4, 0.5) is 5.69 Å². The van der Waals surface area contributed by atoms with Crippen molar-refractivity contribution in [3.8, 4) is 11.5 Å². The van der Waals surface area contributed by atoms with Crippen molar-refractivity contribution in [2.24, 2.45) is 5.41 Å². The van der Waals surface area contributed by atoms with E-state index in [2.05, 4.69) is 75.4 Å². The molecule has 1 spiro atoms. The van der Waals surface area contributed by atoms with E-state index in [1.54, 1.807) is 13.2 Å². The molecule has 1 heterocycles. The first-order valence-corrected chi connectivity index (χ1v) is 19.6. The van der Waals surface area contributed by atoms with Crippen LogP contribution in [0.15, 0.2) is 12.1 Å². The molecule has 38 heavy (non-hydrogen) atoms. The van der Waals surface area contributed by atoms with Gasteiger partial charge in [0.25, 0.3) is 14.2 Å². The molecule has 1 amide bonds. The maximum atomic E-state index is 14.0. The number of benzene rings is 1. The van der Waals surface area contributed by atoms with Gasteiger partial charge in [0.05, 0.1) is 25.3 Å². The monoisotopic (exact) mass is 562 g/mol. The van der Waals surface area contributed by atoms with E-state index in [0.29, 0.717) is 46.0 Å². The number of anilines is 1. The number of hydrogen-bond donors (Lipinski definition) is 1. The number of ether oxygens (including phenoxy) is 1. The van der Waals surface area contributed by atoms with Crippen LogP contribution in [0.3, 0.4) is 0 Å². The second kappa shape index (κ2) is 10.8. The zero-order valence-corrected chi connectivity index (χ0v) is 28.2. The Hall–Kier alpha value is -1.52. The molecule has 1 aliphatic carbocycles. The molecule has 0 unspecified atom stereocenters. The molecule has 6 nitrogen and oxygen atoms in total. The highest BCUT2D eigenvalue weighted by molar-refractivity contribution is 6.78. The van der Waals surface area contributed by atoms with Gasteiger partial charge >= 0.3 is 0 Å². The van der Waals surface area contributed by atoms with Gasteiger partial charge in [0.15, 0.2) is 14.1 Å². The maximum Gasteiger partial charge on any atom is 0.258 e. The van der Waals surface area contributed by atoms with E-state index in [0.717, 1.165) is 13.0 Å². The molecule has 1 aliphatic heterocycles. The topological polar surface area (TPSA) is 74.0 Å². The number of likely N-dealkylation sites (tertiary alicyclic amines) is 1. The van der Waals surface area contributed by atoms with Gasteiger partial charge in [0.2, 0.25) is 0 Å². The highest BCUT2D eigenvalue weighted by Crippen LogP contribution is 2.55. The van der Waals surface area contributed by atoms with Gasteiger partial charge in [-0.15, -0.1) is 0 Å². The maximum absolute atomic E-state index is 14.0. The molecule has 1 atom stereocenters. The minimum Gasteiger partial charge on any atom is -0.540 e. The fourth-order valence-corrected chi connectivity index (χ4v) is 12.6. The summed E-state index contributed by atoms with van der Waals surface area (Å²) in [6.45, 7) is 26.2. The molecule has 0 aromatic heterocycles. The van der Waals surface area contributed by atoms with Gasteiger partial charge in [0, 0.05) is 18.3 Å². The first-order chi connectivity index (χ1) is 17.4. The lowest BCUT2D eigenvalue weighted by atomic mass is 10.0. The van der Waals surface area contributed by atoms with Crippen LogP contribution in [0.25, 0.3) is 0 Å². The Labute approximate surface area is 234 Å². The van der Waals surface area contributed by atoms with Crippen molar-refractivity contribution in [2.45, 2.75) is 122 Å². The van der Waals surface area contributed by atoms with Crippen molar-refractivity contribution < 1.29 is 18.4 Å². The predicted octanol–water partition coefficient (Wildman–Crippen LogP) is 7.85. The number of nitrogen functional groups attached to an aromatic ring is 1. The molecule has 0 radical (unpaired) electrons. The van der Waals surface area contributed by atoms with Crippen molar-refractivity contribution in [3.05, 3.63) is 17.7 Å². The lowest BCUT2D eigenvalue weighted by Crippen LogP contribution is -2.50. The Morgan fingerprint density at radius 1 is 1.05 bits per heavy atom. The summed E-state index contributed by atoms with van der Waals surface area (Å²) in [7, 11) is -2.50. The summed E-state index contributed by atoms with van der Waals surface area (Å²) < 4.78 is 19.3. The predicted molar refractivity (Wildman–Crippen MR) is 163 cm³/mol. The third-order valence-electron chi connectivity index (χ3n) is 9.84. The van der Waals surface area contributed by atoms with E-state index in [1.165, 1.54) is 12.8 Å². The molecular formula is C30H54N2O4Si2. The van der Waals surface area contributed by atoms with E-state index in [1.807, 2.05) is 11.0 Å². The first kappa shape index (κ1) is 31.0. The van der Waals surface area contributed by atoms with Gasteiger partial charge < -0.3 is 24.2 Å². The molecule has 0 bridgehead atoms. The molecule has 1 aromatic carbocycles. The summed E-state index contributed by atoms with van der Waals surface area (Å²) in [5, 5.41) is 0.131. The van der Waals surface area contributed by atoms with E-state index in [4.69, 9.17) is 19.3 Å². The van der Waals surface area contributed by atoms with Gasteiger partial charge in [-0.05, 0) is 65.5 Å². The van der Waals surface area contributed by atoms with Crippen molar-refractivity contribution in [1.29, 1.82) is 0 Å². The van der Waals surface area contributed by atoms with Crippen molar-refractivity contribution in [2.75, 3.05) is 26.0 Å². The second-order valence-electron chi connectivity index (χ2n) is 14.4. The summed E-state index contributed by atoms with van der Waals surface area (Å²) >= 11 is 0. The Morgan fingerprint density at radius 3 is 2.05 bits per heavy atom. The van der Waals surface area contributed by atoms with Gasteiger partial charge in [-0.25, -0.2) is 0 Å². The lowest BCUT2D eigenvalue weighted by molar-refractivity contribution is 0.0680. The number of amides is 1. The van der Waals surface area contributed by atoms with Crippen LogP contribution in [0.5, 0.6) is 11.5 Å². The summed E-state index contributed by atoms with van der Waals surface area (Å²) in [6, 6.07) is 3.70. The molecule has 2 N–H and O–H groups in total. The summed E-state index contributed by atoms with van der Waals surface area (Å²) in [5.41, 5.74) is 9.04.